The molecule has 0 radical (unpaired) electrons. The summed E-state index contributed by atoms with van der Waals surface area (Å²) in [6.45, 7) is 3.79. The molecule has 1 aromatic carbocycles. The van der Waals surface area contributed by atoms with E-state index >= 15 is 0 Å². The van der Waals surface area contributed by atoms with E-state index < -0.39 is 12.6 Å². The van der Waals surface area contributed by atoms with E-state index in [4.69, 9.17) is 4.74 Å². The van der Waals surface area contributed by atoms with Crippen LogP contribution in [0.3, 0.4) is 0 Å². The van der Waals surface area contributed by atoms with Gasteiger partial charge in [0, 0.05) is 0 Å². The van der Waals surface area contributed by atoms with Gasteiger partial charge in [-0.05, 0) is 23.6 Å². The molecule has 0 aliphatic rings. The minimum Gasteiger partial charge on any atom is -0.546 e. The summed E-state index contributed by atoms with van der Waals surface area (Å²) in [7, 11) is 0. The van der Waals surface area contributed by atoms with Crippen LogP contribution in [-0.4, -0.2) is 12.6 Å². The quantitative estimate of drug-likeness (QED) is 0.544. The van der Waals surface area contributed by atoms with Crippen LogP contribution in [0, 0.1) is 0 Å². The van der Waals surface area contributed by atoms with Crippen molar-refractivity contribution in [2.75, 3.05) is 6.61 Å². The summed E-state index contributed by atoms with van der Waals surface area (Å²) in [4.78, 5) is 10.1. The SMILES string of the molecule is CC(C)c1ccc(OCC(=O)[O-])cc1.[Na+]. The Morgan fingerprint density at radius 3 is 2.27 bits per heavy atom. The van der Waals surface area contributed by atoms with Crippen molar-refractivity contribution in [2.45, 2.75) is 19.8 Å². The molecular weight excluding hydrogens is 203 g/mol. The number of hydrogen-bond acceptors (Lipinski definition) is 3. The van der Waals surface area contributed by atoms with Crippen LogP contribution in [0.15, 0.2) is 24.3 Å². The summed E-state index contributed by atoms with van der Waals surface area (Å²) in [5.41, 5.74) is 1.20. The fraction of sp³-hybridized carbons (Fsp3) is 0.364. The summed E-state index contributed by atoms with van der Waals surface area (Å²) in [6, 6.07) is 7.38. The van der Waals surface area contributed by atoms with Crippen LogP contribution in [0.5, 0.6) is 5.75 Å². The maximum absolute atomic E-state index is 10.1. The average molecular weight is 216 g/mol. The van der Waals surface area contributed by atoms with Gasteiger partial charge in [-0.3, -0.25) is 0 Å². The first-order chi connectivity index (χ1) is 6.59. The van der Waals surface area contributed by atoms with Gasteiger partial charge in [0.25, 0.3) is 0 Å². The van der Waals surface area contributed by atoms with E-state index in [1.807, 2.05) is 12.1 Å². The maximum atomic E-state index is 10.1. The molecule has 0 aliphatic carbocycles. The van der Waals surface area contributed by atoms with Gasteiger partial charge in [-0.15, -0.1) is 0 Å². The van der Waals surface area contributed by atoms with Crippen molar-refractivity contribution in [2.24, 2.45) is 0 Å². The molecule has 0 heterocycles. The molecule has 1 aromatic rings. The van der Waals surface area contributed by atoms with Gasteiger partial charge < -0.3 is 14.6 Å². The second-order valence-corrected chi connectivity index (χ2v) is 3.38. The van der Waals surface area contributed by atoms with Crippen molar-refractivity contribution >= 4 is 5.97 Å². The van der Waals surface area contributed by atoms with Gasteiger partial charge in [0.15, 0.2) is 0 Å². The third-order valence-electron chi connectivity index (χ3n) is 1.90. The minimum atomic E-state index is -1.21. The monoisotopic (exact) mass is 216 g/mol. The molecule has 0 aromatic heterocycles. The summed E-state index contributed by atoms with van der Waals surface area (Å²) in [6.07, 6.45) is 0. The standard InChI is InChI=1S/C11H14O3.Na/c1-8(2)9-3-5-10(6-4-9)14-7-11(12)13;/h3-6,8H,7H2,1-2H3,(H,12,13);/q;+1/p-1. The molecule has 0 unspecified atom stereocenters. The molecule has 0 fully saturated rings. The number of ether oxygens (including phenoxy) is 1. The molecule has 15 heavy (non-hydrogen) atoms. The van der Waals surface area contributed by atoms with Gasteiger partial charge in [0.2, 0.25) is 0 Å². The van der Waals surface area contributed by atoms with Crippen molar-refractivity contribution in [3.8, 4) is 5.75 Å². The number of carboxylic acid groups (broad SMARTS) is 1. The third kappa shape index (κ3) is 5.21. The number of benzene rings is 1. The topological polar surface area (TPSA) is 49.4 Å². The maximum Gasteiger partial charge on any atom is 1.00 e. The number of carbonyl (C=O) groups is 1. The average Bonchev–Trinajstić information content (AvgIpc) is 2.15. The molecule has 0 bridgehead atoms. The number of aliphatic carboxylic acids is 1. The van der Waals surface area contributed by atoms with E-state index in [9.17, 15) is 9.90 Å². The van der Waals surface area contributed by atoms with Gasteiger partial charge >= 0.3 is 29.6 Å². The predicted octanol–water partition coefficient (Wildman–Crippen LogP) is -2.06. The number of hydrogen-bond donors (Lipinski definition) is 0. The molecule has 0 saturated heterocycles. The van der Waals surface area contributed by atoms with E-state index in [0.29, 0.717) is 11.7 Å². The molecule has 4 heteroatoms. The Morgan fingerprint density at radius 1 is 1.33 bits per heavy atom. The van der Waals surface area contributed by atoms with Crippen LogP contribution in [0.25, 0.3) is 0 Å². The smallest absolute Gasteiger partial charge is 0.546 e. The molecule has 76 valence electrons. The summed E-state index contributed by atoms with van der Waals surface area (Å²) < 4.78 is 4.94. The normalized spacial score (nSPS) is 9.53. The van der Waals surface area contributed by atoms with Crippen molar-refractivity contribution in [3.63, 3.8) is 0 Å². The number of carboxylic acids is 1. The van der Waals surface area contributed by atoms with E-state index in [-0.39, 0.29) is 29.6 Å². The Hall–Kier alpha value is -0.510. The fourth-order valence-corrected chi connectivity index (χ4v) is 1.09. The van der Waals surface area contributed by atoms with E-state index in [0.717, 1.165) is 0 Å². The van der Waals surface area contributed by atoms with Gasteiger partial charge in [0.1, 0.15) is 12.4 Å². The van der Waals surface area contributed by atoms with Crippen LogP contribution in [0.2, 0.25) is 0 Å². The summed E-state index contributed by atoms with van der Waals surface area (Å²) >= 11 is 0. The summed E-state index contributed by atoms with van der Waals surface area (Å²) in [5, 5.41) is 10.1. The molecule has 0 spiro atoms. The molecule has 0 N–H and O–H groups in total. The first kappa shape index (κ1) is 14.5. The van der Waals surface area contributed by atoms with Gasteiger partial charge in [-0.2, -0.15) is 0 Å². The molecular formula is C11H13NaO3. The molecule has 3 nitrogen and oxygen atoms in total. The van der Waals surface area contributed by atoms with Crippen LogP contribution in [-0.2, 0) is 4.79 Å². The Bertz CT molecular complexity index is 306. The second kappa shape index (κ2) is 6.88. The predicted molar refractivity (Wildman–Crippen MR) is 51.0 cm³/mol. The Balaban J connectivity index is 0.00000196. The largest absolute Gasteiger partial charge is 1.00 e. The molecule has 0 amide bonds. The molecule has 1 rings (SSSR count). The first-order valence-corrected chi connectivity index (χ1v) is 4.52. The van der Waals surface area contributed by atoms with Crippen LogP contribution in [0.4, 0.5) is 0 Å². The minimum absolute atomic E-state index is 0. The van der Waals surface area contributed by atoms with Crippen LogP contribution < -0.4 is 39.4 Å². The van der Waals surface area contributed by atoms with Gasteiger partial charge in [-0.25, -0.2) is 0 Å². The number of rotatable bonds is 4. The van der Waals surface area contributed by atoms with Gasteiger partial charge in [0.05, 0.1) is 5.97 Å². The molecule has 0 atom stereocenters. The fourth-order valence-electron chi connectivity index (χ4n) is 1.09. The first-order valence-electron chi connectivity index (χ1n) is 4.52. The molecule has 0 aliphatic heterocycles. The van der Waals surface area contributed by atoms with Crippen molar-refractivity contribution in [1.82, 2.24) is 0 Å². The second-order valence-electron chi connectivity index (χ2n) is 3.38. The van der Waals surface area contributed by atoms with Crippen molar-refractivity contribution < 1.29 is 44.2 Å². The van der Waals surface area contributed by atoms with E-state index in [2.05, 4.69) is 13.8 Å². The molecule has 0 saturated carbocycles. The van der Waals surface area contributed by atoms with Crippen molar-refractivity contribution in [1.29, 1.82) is 0 Å². The van der Waals surface area contributed by atoms with Gasteiger partial charge in [-0.1, -0.05) is 26.0 Å². The third-order valence-corrected chi connectivity index (χ3v) is 1.90. The van der Waals surface area contributed by atoms with Crippen LogP contribution in [0.1, 0.15) is 25.3 Å². The van der Waals surface area contributed by atoms with E-state index in [1.54, 1.807) is 12.1 Å². The zero-order chi connectivity index (χ0) is 10.6. The Labute approximate surface area is 112 Å². The van der Waals surface area contributed by atoms with Crippen molar-refractivity contribution in [3.05, 3.63) is 29.8 Å². The number of carbonyl (C=O) groups excluding carboxylic acids is 1. The Kier molecular flexibility index (Phi) is 6.65. The summed E-state index contributed by atoms with van der Waals surface area (Å²) in [5.74, 6) is -0.193. The van der Waals surface area contributed by atoms with E-state index in [1.165, 1.54) is 5.56 Å². The zero-order valence-electron chi connectivity index (χ0n) is 9.32. The zero-order valence-corrected chi connectivity index (χ0v) is 11.3. The Morgan fingerprint density at radius 2 is 1.87 bits per heavy atom. The van der Waals surface area contributed by atoms with Crippen LogP contribution >= 0.6 is 0 Å².